The molecular weight excluding hydrogens is 398 g/mol. The van der Waals surface area contributed by atoms with Crippen LogP contribution in [0.5, 0.6) is 0 Å². The van der Waals surface area contributed by atoms with Crippen LogP contribution in [0.25, 0.3) is 0 Å². The summed E-state index contributed by atoms with van der Waals surface area (Å²) in [6.45, 7) is 9.49. The molecule has 0 fully saturated rings. The van der Waals surface area contributed by atoms with Crippen molar-refractivity contribution in [1.82, 2.24) is 0 Å². The number of hydrogen-bond donors (Lipinski definition) is 0. The normalized spacial score (nSPS) is 14.0. The summed E-state index contributed by atoms with van der Waals surface area (Å²) in [6.07, 6.45) is 23.6. The molecule has 0 rings (SSSR count). The van der Waals surface area contributed by atoms with Crippen LogP contribution in [0, 0.1) is 0 Å². The molecular formula is C20H44IP. The van der Waals surface area contributed by atoms with Gasteiger partial charge in [-0.15, -0.1) is 0 Å². The van der Waals surface area contributed by atoms with E-state index in [0.29, 0.717) is 0 Å². The SMILES string of the molecule is CCCCCCCP(I)(CCC)(CCC)CCCCCCC. The van der Waals surface area contributed by atoms with E-state index in [9.17, 15) is 0 Å². The Morgan fingerprint density at radius 2 is 0.818 bits per heavy atom. The predicted molar refractivity (Wildman–Crippen MR) is 119 cm³/mol. The first-order valence-corrected chi connectivity index (χ1v) is 16.0. The van der Waals surface area contributed by atoms with Crippen LogP contribution in [-0.2, 0) is 0 Å². The predicted octanol–water partition coefficient (Wildman–Crippen LogP) is 8.65. The van der Waals surface area contributed by atoms with Gasteiger partial charge in [-0.3, -0.25) is 0 Å². The second-order valence-corrected chi connectivity index (χ2v) is 21.2. The zero-order valence-corrected chi connectivity index (χ0v) is 19.2. The Balaban J connectivity index is 4.50. The third-order valence-electron chi connectivity index (χ3n) is 5.21. The second kappa shape index (κ2) is 13.5. The van der Waals surface area contributed by atoms with Crippen LogP contribution >= 0.6 is 26.3 Å². The molecule has 0 unspecified atom stereocenters. The van der Waals surface area contributed by atoms with Crippen molar-refractivity contribution in [3.8, 4) is 0 Å². The number of halogens is 1. The van der Waals surface area contributed by atoms with Gasteiger partial charge in [0.1, 0.15) is 0 Å². The summed E-state index contributed by atoms with van der Waals surface area (Å²) in [7, 11) is 0. The molecule has 0 aromatic carbocycles. The molecule has 22 heavy (non-hydrogen) atoms. The minimum atomic E-state index is -1.43. The van der Waals surface area contributed by atoms with Gasteiger partial charge in [-0.2, -0.15) is 0 Å². The Bertz CT molecular complexity index is 228. The van der Waals surface area contributed by atoms with Gasteiger partial charge >= 0.3 is 156 Å². The molecule has 0 heterocycles. The molecule has 0 radical (unpaired) electrons. The van der Waals surface area contributed by atoms with Crippen molar-refractivity contribution in [3.05, 3.63) is 0 Å². The van der Waals surface area contributed by atoms with Gasteiger partial charge in [-0.1, -0.05) is 0 Å². The average Bonchev–Trinajstić information content (AvgIpc) is 2.48. The van der Waals surface area contributed by atoms with Crippen molar-refractivity contribution in [2.75, 3.05) is 24.6 Å². The van der Waals surface area contributed by atoms with Crippen LogP contribution in [-0.4, -0.2) is 24.6 Å². The van der Waals surface area contributed by atoms with Gasteiger partial charge in [-0.25, -0.2) is 0 Å². The van der Waals surface area contributed by atoms with E-state index in [4.69, 9.17) is 0 Å². The van der Waals surface area contributed by atoms with Crippen LogP contribution < -0.4 is 0 Å². The Hall–Kier alpha value is 1.16. The van der Waals surface area contributed by atoms with Gasteiger partial charge in [-0.05, 0) is 0 Å². The first kappa shape index (κ1) is 23.2. The molecule has 0 aliphatic rings. The van der Waals surface area contributed by atoms with E-state index >= 15 is 0 Å². The Morgan fingerprint density at radius 1 is 0.455 bits per heavy atom. The number of unbranched alkanes of at least 4 members (excludes halogenated alkanes) is 8. The molecule has 0 aliphatic carbocycles. The van der Waals surface area contributed by atoms with Crippen molar-refractivity contribution in [3.63, 3.8) is 0 Å². The number of hydrogen-bond acceptors (Lipinski definition) is 0. The third kappa shape index (κ3) is 10.1. The fourth-order valence-electron chi connectivity index (χ4n) is 4.01. The molecule has 0 aromatic rings. The first-order valence-electron chi connectivity index (χ1n) is 10.3. The molecule has 0 aromatic heterocycles. The summed E-state index contributed by atoms with van der Waals surface area (Å²) < 4.78 is -1.43. The zero-order valence-electron chi connectivity index (χ0n) is 16.1. The first-order chi connectivity index (χ1) is 10.5. The van der Waals surface area contributed by atoms with Crippen LogP contribution in [0.15, 0.2) is 0 Å². The molecule has 0 bridgehead atoms. The summed E-state index contributed by atoms with van der Waals surface area (Å²) in [4.78, 5) is 0. The zero-order chi connectivity index (χ0) is 16.8. The maximum atomic E-state index is 3.06. The molecule has 0 saturated heterocycles. The molecule has 0 atom stereocenters. The summed E-state index contributed by atoms with van der Waals surface area (Å²) >= 11 is 3.06. The minimum absolute atomic E-state index is 1.37. The van der Waals surface area contributed by atoms with Crippen molar-refractivity contribution < 1.29 is 0 Å². The maximum absolute atomic E-state index is 3.06. The Labute approximate surface area is 155 Å². The molecule has 0 nitrogen and oxygen atoms in total. The Kier molecular flexibility index (Phi) is 14.2. The van der Waals surface area contributed by atoms with Crippen LogP contribution in [0.4, 0.5) is 0 Å². The average molecular weight is 442 g/mol. The van der Waals surface area contributed by atoms with Crippen molar-refractivity contribution in [2.24, 2.45) is 0 Å². The van der Waals surface area contributed by atoms with Crippen LogP contribution in [0.3, 0.4) is 0 Å². The molecule has 0 amide bonds. The van der Waals surface area contributed by atoms with Gasteiger partial charge in [0.05, 0.1) is 0 Å². The van der Waals surface area contributed by atoms with Crippen LogP contribution in [0.1, 0.15) is 105 Å². The van der Waals surface area contributed by atoms with Gasteiger partial charge < -0.3 is 0 Å². The van der Waals surface area contributed by atoms with Gasteiger partial charge in [0.15, 0.2) is 0 Å². The summed E-state index contributed by atoms with van der Waals surface area (Å²) in [5.74, 6) is 0. The van der Waals surface area contributed by atoms with Gasteiger partial charge in [0.25, 0.3) is 0 Å². The molecule has 136 valence electrons. The van der Waals surface area contributed by atoms with Crippen LogP contribution in [0.2, 0.25) is 0 Å². The monoisotopic (exact) mass is 442 g/mol. The molecule has 0 aliphatic heterocycles. The molecule has 0 N–H and O–H groups in total. The van der Waals surface area contributed by atoms with E-state index in [0.717, 1.165) is 0 Å². The van der Waals surface area contributed by atoms with Gasteiger partial charge in [0.2, 0.25) is 0 Å². The molecule has 2 heteroatoms. The third-order valence-corrected chi connectivity index (χ3v) is 17.0. The summed E-state index contributed by atoms with van der Waals surface area (Å²) in [5.41, 5.74) is 0. The summed E-state index contributed by atoms with van der Waals surface area (Å²) in [5, 5.41) is 0. The standard InChI is InChI=1S/C20H44IP/c1-5-9-11-13-15-19-22(21,17-7-3,18-8-4)20-16-14-12-10-6-2/h5-20H2,1-4H3. The van der Waals surface area contributed by atoms with Crippen molar-refractivity contribution >= 4 is 26.3 Å². The van der Waals surface area contributed by atoms with Gasteiger partial charge in [0, 0.05) is 0 Å². The van der Waals surface area contributed by atoms with E-state index in [1.54, 1.807) is 24.6 Å². The number of rotatable bonds is 16. The van der Waals surface area contributed by atoms with E-state index < -0.39 is 4.25 Å². The second-order valence-electron chi connectivity index (χ2n) is 7.54. The fraction of sp³-hybridized carbons (Fsp3) is 1.00. The van der Waals surface area contributed by atoms with Crippen molar-refractivity contribution in [1.29, 1.82) is 0 Å². The fourth-order valence-corrected chi connectivity index (χ4v) is 14.6. The van der Waals surface area contributed by atoms with E-state index in [2.05, 4.69) is 49.7 Å². The van der Waals surface area contributed by atoms with E-state index in [1.807, 2.05) is 0 Å². The summed E-state index contributed by atoms with van der Waals surface area (Å²) in [6, 6.07) is 0. The van der Waals surface area contributed by atoms with E-state index in [-0.39, 0.29) is 0 Å². The van der Waals surface area contributed by atoms with E-state index in [1.165, 1.54) is 77.0 Å². The van der Waals surface area contributed by atoms with Crippen molar-refractivity contribution in [2.45, 2.75) is 105 Å². The molecule has 0 spiro atoms. The quantitative estimate of drug-likeness (QED) is 0.127. The Morgan fingerprint density at radius 3 is 1.14 bits per heavy atom. The molecule has 0 saturated carbocycles. The topological polar surface area (TPSA) is 0 Å².